The predicted molar refractivity (Wildman–Crippen MR) is 114 cm³/mol. The molecule has 1 fully saturated rings. The van der Waals surface area contributed by atoms with Crippen LogP contribution in [-0.2, 0) is 16.0 Å². The van der Waals surface area contributed by atoms with Crippen LogP contribution < -0.4 is 5.32 Å². The highest BCUT2D eigenvalue weighted by atomic mass is 19.1. The molecule has 2 heterocycles. The van der Waals surface area contributed by atoms with Crippen molar-refractivity contribution in [3.05, 3.63) is 71.4 Å². The summed E-state index contributed by atoms with van der Waals surface area (Å²) in [6.45, 7) is 3.00. The third kappa shape index (κ3) is 5.35. The van der Waals surface area contributed by atoms with Gasteiger partial charge in [0.05, 0.1) is 6.10 Å². The molecular formula is C24H26FN3O3. The molecule has 2 aromatic carbocycles. The van der Waals surface area contributed by atoms with Crippen molar-refractivity contribution in [2.75, 3.05) is 13.2 Å². The Balaban J connectivity index is 1.28. The van der Waals surface area contributed by atoms with Gasteiger partial charge in [0.2, 0.25) is 17.6 Å². The van der Waals surface area contributed by atoms with E-state index in [1.54, 1.807) is 19.1 Å². The van der Waals surface area contributed by atoms with Crippen molar-refractivity contribution in [2.45, 2.75) is 38.7 Å². The third-order valence-corrected chi connectivity index (χ3v) is 5.58. The molecule has 1 saturated heterocycles. The average molecular weight is 423 g/mol. The molecule has 0 radical (unpaired) electrons. The smallest absolute Gasteiger partial charge is 0.227 e. The lowest BCUT2D eigenvalue weighted by Crippen LogP contribution is -2.35. The maximum atomic E-state index is 13.4. The van der Waals surface area contributed by atoms with Gasteiger partial charge < -0.3 is 14.6 Å². The maximum Gasteiger partial charge on any atom is 0.227 e. The van der Waals surface area contributed by atoms with Gasteiger partial charge in [0.25, 0.3) is 0 Å². The van der Waals surface area contributed by atoms with E-state index in [1.165, 1.54) is 6.07 Å². The first-order valence-electron chi connectivity index (χ1n) is 10.6. The molecule has 1 amide bonds. The molecule has 1 aliphatic rings. The number of hydrogen-bond donors (Lipinski definition) is 1. The molecule has 1 aliphatic heterocycles. The summed E-state index contributed by atoms with van der Waals surface area (Å²) in [6.07, 6.45) is 2.63. The largest absolute Gasteiger partial charge is 0.373 e. The van der Waals surface area contributed by atoms with E-state index in [9.17, 15) is 9.18 Å². The third-order valence-electron chi connectivity index (χ3n) is 5.58. The summed E-state index contributed by atoms with van der Waals surface area (Å²) in [4.78, 5) is 16.7. The first-order chi connectivity index (χ1) is 15.1. The summed E-state index contributed by atoms with van der Waals surface area (Å²) < 4.78 is 24.7. The zero-order valence-corrected chi connectivity index (χ0v) is 17.5. The maximum absolute atomic E-state index is 13.4. The predicted octanol–water partition coefficient (Wildman–Crippen LogP) is 4.40. The number of nitrogens with one attached hydrogen (secondary N) is 1. The summed E-state index contributed by atoms with van der Waals surface area (Å²) in [6, 6.07) is 14.8. The van der Waals surface area contributed by atoms with Crippen molar-refractivity contribution in [1.29, 1.82) is 0 Å². The van der Waals surface area contributed by atoms with E-state index >= 15 is 0 Å². The lowest BCUT2D eigenvalue weighted by Gasteiger charge is -2.32. The molecule has 0 saturated carbocycles. The van der Waals surface area contributed by atoms with Crippen LogP contribution in [0.1, 0.15) is 42.4 Å². The summed E-state index contributed by atoms with van der Waals surface area (Å²) in [5.41, 5.74) is 2.35. The monoisotopic (exact) mass is 423 g/mol. The van der Waals surface area contributed by atoms with Crippen LogP contribution in [-0.4, -0.2) is 29.2 Å². The number of hydrogen-bond acceptors (Lipinski definition) is 5. The molecule has 0 bridgehead atoms. The molecule has 0 spiro atoms. The van der Waals surface area contributed by atoms with Crippen LogP contribution in [0.5, 0.6) is 0 Å². The van der Waals surface area contributed by atoms with Crippen molar-refractivity contribution in [1.82, 2.24) is 15.5 Å². The number of ether oxygens (including phenoxy) is 1. The van der Waals surface area contributed by atoms with Crippen molar-refractivity contribution < 1.29 is 18.4 Å². The van der Waals surface area contributed by atoms with Crippen molar-refractivity contribution >= 4 is 5.91 Å². The van der Waals surface area contributed by atoms with E-state index in [0.29, 0.717) is 35.8 Å². The molecule has 7 heteroatoms. The van der Waals surface area contributed by atoms with Crippen LogP contribution in [0.3, 0.4) is 0 Å². The van der Waals surface area contributed by atoms with Crippen LogP contribution in [0.2, 0.25) is 0 Å². The zero-order chi connectivity index (χ0) is 21.6. The molecular weight excluding hydrogens is 397 g/mol. The molecule has 2 unspecified atom stereocenters. The van der Waals surface area contributed by atoms with Gasteiger partial charge in [0.15, 0.2) is 0 Å². The molecule has 2 atom stereocenters. The molecule has 3 aromatic rings. The summed E-state index contributed by atoms with van der Waals surface area (Å²) >= 11 is 0. The van der Waals surface area contributed by atoms with Gasteiger partial charge in [0, 0.05) is 37.5 Å². The minimum absolute atomic E-state index is 0.00733. The standard InChI is InChI=1S/C24H26FN3O3/c1-16-14-18(9-10-20(16)25)24-27-22(31-28-24)12-11-21(29)26-15-19-8-5-13-30-23(19)17-6-3-2-4-7-17/h2-4,6-7,9-10,14,19,23H,5,8,11-13,15H2,1H3,(H,26,29). The Morgan fingerprint density at radius 2 is 2.06 bits per heavy atom. The van der Waals surface area contributed by atoms with Gasteiger partial charge in [0.1, 0.15) is 5.82 Å². The van der Waals surface area contributed by atoms with Gasteiger partial charge in [-0.15, -0.1) is 0 Å². The van der Waals surface area contributed by atoms with Gasteiger partial charge >= 0.3 is 0 Å². The quantitative estimate of drug-likeness (QED) is 0.609. The van der Waals surface area contributed by atoms with Gasteiger partial charge in [-0.05, 0) is 49.1 Å². The van der Waals surface area contributed by atoms with E-state index in [2.05, 4.69) is 27.6 Å². The number of carbonyl (C=O) groups excluding carboxylic acids is 1. The van der Waals surface area contributed by atoms with Crippen molar-refractivity contribution in [3.8, 4) is 11.4 Å². The Hall–Kier alpha value is -3.06. The molecule has 1 aromatic heterocycles. The minimum atomic E-state index is -0.276. The normalized spacial score (nSPS) is 18.6. The van der Waals surface area contributed by atoms with E-state index in [0.717, 1.165) is 25.0 Å². The van der Waals surface area contributed by atoms with E-state index < -0.39 is 0 Å². The Morgan fingerprint density at radius 1 is 1.23 bits per heavy atom. The van der Waals surface area contributed by atoms with Gasteiger partial charge in [-0.2, -0.15) is 4.98 Å². The Kier molecular flexibility index (Phi) is 6.72. The molecule has 1 N–H and O–H groups in total. The molecule has 6 nitrogen and oxygen atoms in total. The van der Waals surface area contributed by atoms with Crippen LogP contribution in [0.15, 0.2) is 53.1 Å². The number of rotatable bonds is 7. The zero-order valence-electron chi connectivity index (χ0n) is 17.5. The molecule has 31 heavy (non-hydrogen) atoms. The number of amides is 1. The van der Waals surface area contributed by atoms with Crippen LogP contribution in [0.25, 0.3) is 11.4 Å². The van der Waals surface area contributed by atoms with Gasteiger partial charge in [-0.1, -0.05) is 35.5 Å². The fourth-order valence-electron chi connectivity index (χ4n) is 3.87. The van der Waals surface area contributed by atoms with Crippen molar-refractivity contribution in [3.63, 3.8) is 0 Å². The van der Waals surface area contributed by atoms with E-state index in [-0.39, 0.29) is 30.2 Å². The lowest BCUT2D eigenvalue weighted by molar-refractivity contribution is -0.122. The minimum Gasteiger partial charge on any atom is -0.373 e. The number of aryl methyl sites for hydroxylation is 2. The SMILES string of the molecule is Cc1cc(-c2noc(CCC(=O)NCC3CCCOC3c3ccccc3)n2)ccc1F. The second-order valence-corrected chi connectivity index (χ2v) is 7.88. The number of nitrogens with zero attached hydrogens (tertiary/aromatic N) is 2. The highest BCUT2D eigenvalue weighted by Crippen LogP contribution is 2.33. The second kappa shape index (κ2) is 9.83. The van der Waals surface area contributed by atoms with Gasteiger partial charge in [-0.3, -0.25) is 4.79 Å². The van der Waals surface area contributed by atoms with Crippen molar-refractivity contribution in [2.24, 2.45) is 5.92 Å². The fraction of sp³-hybridized carbons (Fsp3) is 0.375. The Labute approximate surface area is 180 Å². The Bertz CT molecular complexity index is 1020. The fourth-order valence-corrected chi connectivity index (χ4v) is 3.87. The van der Waals surface area contributed by atoms with E-state index in [1.807, 2.05) is 18.2 Å². The number of halogens is 1. The van der Waals surface area contributed by atoms with Crippen LogP contribution >= 0.6 is 0 Å². The number of aromatic nitrogens is 2. The lowest BCUT2D eigenvalue weighted by atomic mass is 9.89. The molecule has 0 aliphatic carbocycles. The Morgan fingerprint density at radius 3 is 2.87 bits per heavy atom. The van der Waals surface area contributed by atoms with Crippen LogP contribution in [0.4, 0.5) is 4.39 Å². The van der Waals surface area contributed by atoms with E-state index in [4.69, 9.17) is 9.26 Å². The summed E-state index contributed by atoms with van der Waals surface area (Å²) in [7, 11) is 0. The molecule has 162 valence electrons. The first kappa shape index (κ1) is 21.2. The van der Waals surface area contributed by atoms with Gasteiger partial charge in [-0.25, -0.2) is 4.39 Å². The number of benzene rings is 2. The summed E-state index contributed by atoms with van der Waals surface area (Å²) in [5, 5.41) is 6.97. The topological polar surface area (TPSA) is 77.2 Å². The average Bonchev–Trinajstić information content (AvgIpc) is 3.28. The highest BCUT2D eigenvalue weighted by molar-refractivity contribution is 5.76. The molecule has 4 rings (SSSR count). The van der Waals surface area contributed by atoms with Crippen LogP contribution in [0, 0.1) is 18.7 Å². The second-order valence-electron chi connectivity index (χ2n) is 7.88. The summed E-state index contributed by atoms with van der Waals surface area (Å²) in [5.74, 6) is 0.687. The highest BCUT2D eigenvalue weighted by Gasteiger charge is 2.27. The first-order valence-corrected chi connectivity index (χ1v) is 10.6. The number of carbonyl (C=O) groups is 1.